The lowest BCUT2D eigenvalue weighted by atomic mass is 10.1. The Bertz CT molecular complexity index is 667. The van der Waals surface area contributed by atoms with E-state index in [1.54, 1.807) is 12.1 Å². The molecule has 8 heteroatoms. The monoisotopic (exact) mass is 341 g/mol. The first-order valence-corrected chi connectivity index (χ1v) is 8.99. The van der Waals surface area contributed by atoms with Crippen molar-refractivity contribution in [3.63, 3.8) is 0 Å². The van der Waals surface area contributed by atoms with E-state index in [0.29, 0.717) is 38.4 Å². The fourth-order valence-electron chi connectivity index (χ4n) is 2.40. The summed E-state index contributed by atoms with van der Waals surface area (Å²) in [6, 6.07) is 4.69. The first-order valence-electron chi connectivity index (χ1n) is 7.55. The number of morpholine rings is 1. The molecule has 1 saturated heterocycles. The Kier molecular flexibility index (Phi) is 5.61. The zero-order valence-electron chi connectivity index (χ0n) is 13.7. The number of nitrogens with one attached hydrogen (secondary N) is 1. The van der Waals surface area contributed by atoms with Gasteiger partial charge >= 0.3 is 0 Å². The fourth-order valence-corrected chi connectivity index (χ4v) is 3.33. The number of anilines is 1. The van der Waals surface area contributed by atoms with Crippen LogP contribution in [0.3, 0.4) is 0 Å². The van der Waals surface area contributed by atoms with Gasteiger partial charge in [0.25, 0.3) is 5.91 Å². The second-order valence-corrected chi connectivity index (χ2v) is 7.58. The van der Waals surface area contributed by atoms with Crippen LogP contribution in [-0.2, 0) is 14.8 Å². The highest BCUT2D eigenvalue weighted by Gasteiger charge is 2.23. The predicted octanol–water partition coefficient (Wildman–Crippen LogP) is 0.523. The summed E-state index contributed by atoms with van der Waals surface area (Å²) in [6.45, 7) is 4.83. The number of carbonyl (C=O) groups is 1. The van der Waals surface area contributed by atoms with Gasteiger partial charge in [0.1, 0.15) is 0 Å². The molecule has 0 aliphatic carbocycles. The number of rotatable bonds is 5. The van der Waals surface area contributed by atoms with Gasteiger partial charge in [-0.1, -0.05) is 0 Å². The summed E-state index contributed by atoms with van der Waals surface area (Å²) in [5.74, 6) is -0.273. The van der Waals surface area contributed by atoms with Crippen molar-refractivity contribution in [2.75, 3.05) is 51.8 Å². The molecule has 1 amide bonds. The molecule has 0 unspecified atom stereocenters. The lowest BCUT2D eigenvalue weighted by molar-refractivity contribution is 0.0954. The second kappa shape index (κ2) is 7.29. The van der Waals surface area contributed by atoms with Crippen molar-refractivity contribution < 1.29 is 17.9 Å². The van der Waals surface area contributed by atoms with Crippen LogP contribution in [0, 0.1) is 0 Å². The maximum absolute atomic E-state index is 12.4. The molecule has 128 valence electrons. The third kappa shape index (κ3) is 3.82. The molecule has 0 atom stereocenters. The molecule has 1 heterocycles. The van der Waals surface area contributed by atoms with Gasteiger partial charge in [0, 0.05) is 39.4 Å². The average Bonchev–Trinajstić information content (AvgIpc) is 2.55. The minimum absolute atomic E-state index is 0.112. The second-order valence-electron chi connectivity index (χ2n) is 5.43. The van der Waals surface area contributed by atoms with Crippen LogP contribution in [0.25, 0.3) is 0 Å². The lowest BCUT2D eigenvalue weighted by Crippen LogP contribution is -2.38. The molecule has 0 radical (unpaired) electrons. The minimum atomic E-state index is -3.59. The standard InChI is InChI=1S/C15H23N3O4S/c1-4-16-15(19)13-11-12(23(20,21)17(2)3)5-6-14(13)18-7-9-22-10-8-18/h5-6,11H,4,7-10H2,1-3H3,(H,16,19). The van der Waals surface area contributed by atoms with Crippen LogP contribution < -0.4 is 10.2 Å². The molecule has 1 aliphatic heterocycles. The molecule has 23 heavy (non-hydrogen) atoms. The maximum atomic E-state index is 12.4. The SMILES string of the molecule is CCNC(=O)c1cc(S(=O)(=O)N(C)C)ccc1N1CCOCC1. The Morgan fingerprint density at radius 1 is 1.30 bits per heavy atom. The Labute approximate surface area is 137 Å². The van der Waals surface area contributed by atoms with Crippen LogP contribution in [0.1, 0.15) is 17.3 Å². The lowest BCUT2D eigenvalue weighted by Gasteiger charge is -2.30. The Morgan fingerprint density at radius 3 is 2.52 bits per heavy atom. The summed E-state index contributed by atoms with van der Waals surface area (Å²) in [4.78, 5) is 14.5. The number of benzene rings is 1. The average molecular weight is 341 g/mol. The smallest absolute Gasteiger partial charge is 0.253 e. The van der Waals surface area contributed by atoms with Gasteiger partial charge in [-0.15, -0.1) is 0 Å². The van der Waals surface area contributed by atoms with Gasteiger partial charge < -0.3 is 15.0 Å². The molecular weight excluding hydrogens is 318 g/mol. The number of carbonyl (C=O) groups excluding carboxylic acids is 1. The Morgan fingerprint density at radius 2 is 1.96 bits per heavy atom. The molecule has 1 aliphatic rings. The van der Waals surface area contributed by atoms with Gasteiger partial charge in [-0.2, -0.15) is 0 Å². The van der Waals surface area contributed by atoms with Gasteiger partial charge in [-0.05, 0) is 25.1 Å². The van der Waals surface area contributed by atoms with Crippen molar-refractivity contribution >= 4 is 21.6 Å². The predicted molar refractivity (Wildman–Crippen MR) is 88.4 cm³/mol. The first-order chi connectivity index (χ1) is 10.9. The first kappa shape index (κ1) is 17.7. The summed E-state index contributed by atoms with van der Waals surface area (Å²) < 4.78 is 31.1. The van der Waals surface area contributed by atoms with Crippen molar-refractivity contribution in [1.29, 1.82) is 0 Å². The molecule has 0 bridgehead atoms. The number of ether oxygens (including phenoxy) is 1. The number of amides is 1. The number of hydrogen-bond acceptors (Lipinski definition) is 5. The Balaban J connectivity index is 2.48. The molecule has 0 spiro atoms. The zero-order chi connectivity index (χ0) is 17.0. The molecule has 2 rings (SSSR count). The van der Waals surface area contributed by atoms with Crippen LogP contribution in [0.5, 0.6) is 0 Å². The largest absolute Gasteiger partial charge is 0.378 e. The summed E-state index contributed by atoms with van der Waals surface area (Å²) in [5.41, 5.74) is 1.11. The van der Waals surface area contributed by atoms with E-state index in [1.807, 2.05) is 11.8 Å². The minimum Gasteiger partial charge on any atom is -0.378 e. The van der Waals surface area contributed by atoms with E-state index in [4.69, 9.17) is 4.74 Å². The third-order valence-corrected chi connectivity index (χ3v) is 5.49. The number of nitrogens with zero attached hydrogens (tertiary/aromatic N) is 2. The summed E-state index contributed by atoms with van der Waals surface area (Å²) >= 11 is 0. The highest BCUT2D eigenvalue weighted by Crippen LogP contribution is 2.26. The normalized spacial score (nSPS) is 15.7. The van der Waals surface area contributed by atoms with E-state index in [1.165, 1.54) is 20.2 Å². The van der Waals surface area contributed by atoms with Crippen molar-refractivity contribution in [3.8, 4) is 0 Å². The zero-order valence-corrected chi connectivity index (χ0v) is 14.5. The van der Waals surface area contributed by atoms with Crippen LogP contribution >= 0.6 is 0 Å². The van der Waals surface area contributed by atoms with E-state index in [-0.39, 0.29) is 10.8 Å². The van der Waals surface area contributed by atoms with E-state index >= 15 is 0 Å². The van der Waals surface area contributed by atoms with Gasteiger partial charge in [-0.3, -0.25) is 4.79 Å². The van der Waals surface area contributed by atoms with Crippen LogP contribution in [-0.4, -0.2) is 65.6 Å². The molecule has 1 fully saturated rings. The van der Waals surface area contributed by atoms with Crippen molar-refractivity contribution in [2.24, 2.45) is 0 Å². The fraction of sp³-hybridized carbons (Fsp3) is 0.533. The van der Waals surface area contributed by atoms with Crippen LogP contribution in [0.15, 0.2) is 23.1 Å². The topological polar surface area (TPSA) is 79.0 Å². The summed E-state index contributed by atoms with van der Waals surface area (Å²) in [7, 11) is -0.647. The molecule has 1 aromatic rings. The van der Waals surface area contributed by atoms with Crippen molar-refractivity contribution in [2.45, 2.75) is 11.8 Å². The highest BCUT2D eigenvalue weighted by atomic mass is 32.2. The molecule has 0 aromatic heterocycles. The van der Waals surface area contributed by atoms with E-state index in [0.717, 1.165) is 9.99 Å². The van der Waals surface area contributed by atoms with Gasteiger partial charge in [0.05, 0.1) is 23.7 Å². The Hall–Kier alpha value is -1.64. The van der Waals surface area contributed by atoms with Crippen LogP contribution in [0.4, 0.5) is 5.69 Å². The quantitative estimate of drug-likeness (QED) is 0.845. The maximum Gasteiger partial charge on any atom is 0.253 e. The van der Waals surface area contributed by atoms with Crippen molar-refractivity contribution in [3.05, 3.63) is 23.8 Å². The third-order valence-electron chi connectivity index (χ3n) is 3.68. The van der Waals surface area contributed by atoms with E-state index < -0.39 is 10.0 Å². The molecule has 1 N–H and O–H groups in total. The summed E-state index contributed by atoms with van der Waals surface area (Å²) in [5, 5.41) is 2.74. The molecular formula is C15H23N3O4S. The van der Waals surface area contributed by atoms with Gasteiger partial charge in [-0.25, -0.2) is 12.7 Å². The van der Waals surface area contributed by atoms with E-state index in [2.05, 4.69) is 5.32 Å². The molecule has 1 aromatic carbocycles. The highest BCUT2D eigenvalue weighted by molar-refractivity contribution is 7.89. The van der Waals surface area contributed by atoms with Crippen molar-refractivity contribution in [1.82, 2.24) is 9.62 Å². The van der Waals surface area contributed by atoms with E-state index in [9.17, 15) is 13.2 Å². The molecule has 0 saturated carbocycles. The van der Waals surface area contributed by atoms with Gasteiger partial charge in [0.15, 0.2) is 0 Å². The van der Waals surface area contributed by atoms with Gasteiger partial charge in [0.2, 0.25) is 10.0 Å². The number of sulfonamides is 1. The van der Waals surface area contributed by atoms with Crippen LogP contribution in [0.2, 0.25) is 0 Å². The molecule has 7 nitrogen and oxygen atoms in total. The summed E-state index contributed by atoms with van der Waals surface area (Å²) in [6.07, 6.45) is 0. The number of hydrogen-bond donors (Lipinski definition) is 1.